The first kappa shape index (κ1) is 21.9. The molecule has 23 heavy (non-hydrogen) atoms. The van der Waals surface area contributed by atoms with Gasteiger partial charge in [0.15, 0.2) is 0 Å². The van der Waals surface area contributed by atoms with Gasteiger partial charge in [0.05, 0.1) is 0 Å². The Kier molecular flexibility index (Phi) is 13.9. The topological polar surface area (TPSA) is 54.0 Å². The molecule has 0 rings (SSSR count). The van der Waals surface area contributed by atoms with Crippen molar-refractivity contribution >= 4 is 11.8 Å². The normalized spacial score (nSPS) is 14.1. The molecule has 0 aromatic rings. The Morgan fingerprint density at radius 1 is 0.870 bits per heavy atom. The fraction of sp³-hybridized carbons (Fsp3) is 0.895. The molecule has 0 aromatic heterocycles. The van der Waals surface area contributed by atoms with E-state index in [0.717, 1.165) is 44.1 Å². The Hall–Kier alpha value is -1.06. The van der Waals surface area contributed by atoms with E-state index in [1.807, 2.05) is 7.05 Å². The van der Waals surface area contributed by atoms with Gasteiger partial charge in [0.1, 0.15) is 5.84 Å². The molecule has 4 heteroatoms. The molecule has 0 aliphatic carbocycles. The third-order valence-electron chi connectivity index (χ3n) is 4.24. The van der Waals surface area contributed by atoms with Crippen LogP contribution in [0.15, 0.2) is 9.98 Å². The molecule has 0 radical (unpaired) electrons. The van der Waals surface area contributed by atoms with Gasteiger partial charge in [-0.15, -0.1) is 0 Å². The molecule has 136 valence electrons. The highest BCUT2D eigenvalue weighted by Crippen LogP contribution is 2.15. The molecule has 0 amide bonds. The summed E-state index contributed by atoms with van der Waals surface area (Å²) in [5.74, 6) is 2.00. The lowest BCUT2D eigenvalue weighted by molar-refractivity contribution is 0.393. The monoisotopic (exact) mass is 324 g/mol. The summed E-state index contributed by atoms with van der Waals surface area (Å²) < 4.78 is 0. The van der Waals surface area contributed by atoms with Gasteiger partial charge in [-0.2, -0.15) is 0 Å². The van der Waals surface area contributed by atoms with E-state index in [0.29, 0.717) is 5.92 Å². The van der Waals surface area contributed by atoms with Crippen molar-refractivity contribution in [1.29, 1.82) is 0 Å². The summed E-state index contributed by atoms with van der Waals surface area (Å²) in [6.45, 7) is 10.9. The number of nitrogens with zero attached hydrogens (tertiary/aromatic N) is 3. The fourth-order valence-corrected chi connectivity index (χ4v) is 2.72. The minimum atomic E-state index is 0.399. The Morgan fingerprint density at radius 2 is 1.43 bits per heavy atom. The molecular formula is C19H40N4. The SMILES string of the molecule is CCCCC(CCC)C(N)=NC(=NC)N(CCCC)CCCC. The third kappa shape index (κ3) is 9.62. The largest absolute Gasteiger partial charge is 0.387 e. The predicted octanol–water partition coefficient (Wildman–Crippen LogP) is 4.84. The summed E-state index contributed by atoms with van der Waals surface area (Å²) >= 11 is 0. The molecule has 1 unspecified atom stereocenters. The van der Waals surface area contributed by atoms with Crippen molar-refractivity contribution in [3.05, 3.63) is 0 Å². The zero-order valence-electron chi connectivity index (χ0n) is 16.3. The Balaban J connectivity index is 5.04. The Labute approximate surface area is 144 Å². The molecule has 0 aliphatic rings. The standard InChI is InChI=1S/C19H40N4/c1-6-10-14-17(13-9-4)18(20)22-19(21-5)23(15-11-7-2)16-12-8-3/h17H,6-16H2,1-5H3,(H2,20,21,22). The molecule has 0 heterocycles. The summed E-state index contributed by atoms with van der Waals surface area (Å²) in [5.41, 5.74) is 6.36. The zero-order valence-corrected chi connectivity index (χ0v) is 16.3. The lowest BCUT2D eigenvalue weighted by atomic mass is 9.96. The van der Waals surface area contributed by atoms with E-state index in [4.69, 9.17) is 10.7 Å². The highest BCUT2D eigenvalue weighted by molar-refractivity contribution is 5.96. The van der Waals surface area contributed by atoms with Crippen LogP contribution in [-0.2, 0) is 0 Å². The van der Waals surface area contributed by atoms with Crippen molar-refractivity contribution in [3.8, 4) is 0 Å². The van der Waals surface area contributed by atoms with Gasteiger partial charge in [0.25, 0.3) is 0 Å². The summed E-state index contributed by atoms with van der Waals surface area (Å²) in [7, 11) is 1.83. The van der Waals surface area contributed by atoms with Gasteiger partial charge >= 0.3 is 0 Å². The number of guanidine groups is 1. The van der Waals surface area contributed by atoms with Crippen LogP contribution < -0.4 is 5.73 Å². The van der Waals surface area contributed by atoms with E-state index in [1.165, 1.54) is 38.5 Å². The highest BCUT2D eigenvalue weighted by atomic mass is 15.3. The quantitative estimate of drug-likeness (QED) is 0.412. The van der Waals surface area contributed by atoms with Crippen LogP contribution in [0.4, 0.5) is 0 Å². The number of unbranched alkanes of at least 4 members (excludes halogenated alkanes) is 3. The molecule has 2 N–H and O–H groups in total. The van der Waals surface area contributed by atoms with Crippen LogP contribution >= 0.6 is 0 Å². The number of hydrogen-bond donors (Lipinski definition) is 1. The average Bonchev–Trinajstić information content (AvgIpc) is 2.56. The number of amidine groups is 1. The molecule has 0 saturated carbocycles. The number of nitrogens with two attached hydrogens (primary N) is 1. The second kappa shape index (κ2) is 14.5. The minimum Gasteiger partial charge on any atom is -0.387 e. The third-order valence-corrected chi connectivity index (χ3v) is 4.24. The van der Waals surface area contributed by atoms with Crippen molar-refractivity contribution in [2.75, 3.05) is 20.1 Å². The summed E-state index contributed by atoms with van der Waals surface area (Å²) in [6.07, 6.45) is 10.6. The zero-order chi connectivity index (χ0) is 17.5. The van der Waals surface area contributed by atoms with Crippen LogP contribution in [0.5, 0.6) is 0 Å². The minimum absolute atomic E-state index is 0.399. The first-order chi connectivity index (χ1) is 11.1. The van der Waals surface area contributed by atoms with Gasteiger partial charge in [-0.1, -0.05) is 59.8 Å². The Bertz CT molecular complexity index is 328. The van der Waals surface area contributed by atoms with Gasteiger partial charge in [0, 0.05) is 26.1 Å². The summed E-state index contributed by atoms with van der Waals surface area (Å²) in [4.78, 5) is 11.5. The first-order valence-corrected chi connectivity index (χ1v) is 9.70. The highest BCUT2D eigenvalue weighted by Gasteiger charge is 2.15. The van der Waals surface area contributed by atoms with Crippen LogP contribution in [0.3, 0.4) is 0 Å². The van der Waals surface area contributed by atoms with Gasteiger partial charge < -0.3 is 10.6 Å². The molecule has 0 saturated heterocycles. The van der Waals surface area contributed by atoms with Crippen molar-refractivity contribution in [2.45, 2.75) is 85.5 Å². The van der Waals surface area contributed by atoms with Gasteiger partial charge in [0.2, 0.25) is 5.96 Å². The van der Waals surface area contributed by atoms with E-state index in [1.54, 1.807) is 0 Å². The number of aliphatic imine (C=N–C) groups is 2. The molecule has 0 bridgehead atoms. The first-order valence-electron chi connectivity index (χ1n) is 9.70. The van der Waals surface area contributed by atoms with Crippen molar-refractivity contribution < 1.29 is 0 Å². The van der Waals surface area contributed by atoms with Crippen LogP contribution in [0, 0.1) is 5.92 Å². The van der Waals surface area contributed by atoms with E-state index in [-0.39, 0.29) is 0 Å². The Morgan fingerprint density at radius 3 is 1.87 bits per heavy atom. The van der Waals surface area contributed by atoms with Crippen LogP contribution in [-0.4, -0.2) is 36.8 Å². The molecule has 4 nitrogen and oxygen atoms in total. The van der Waals surface area contributed by atoms with Crippen molar-refractivity contribution in [3.63, 3.8) is 0 Å². The maximum atomic E-state index is 6.36. The predicted molar refractivity (Wildman–Crippen MR) is 104 cm³/mol. The van der Waals surface area contributed by atoms with Crippen molar-refractivity contribution in [1.82, 2.24) is 4.90 Å². The van der Waals surface area contributed by atoms with Gasteiger partial charge in [-0.3, -0.25) is 4.99 Å². The van der Waals surface area contributed by atoms with Crippen LogP contribution in [0.25, 0.3) is 0 Å². The van der Waals surface area contributed by atoms with Gasteiger partial charge in [-0.05, 0) is 25.7 Å². The summed E-state index contributed by atoms with van der Waals surface area (Å²) in [6, 6.07) is 0. The molecule has 0 aromatic carbocycles. The van der Waals surface area contributed by atoms with E-state index >= 15 is 0 Å². The van der Waals surface area contributed by atoms with E-state index in [2.05, 4.69) is 37.6 Å². The molecule has 0 aliphatic heterocycles. The second-order valence-corrected chi connectivity index (χ2v) is 6.38. The maximum absolute atomic E-state index is 6.36. The van der Waals surface area contributed by atoms with Crippen molar-refractivity contribution in [2.24, 2.45) is 21.6 Å². The van der Waals surface area contributed by atoms with E-state index < -0.39 is 0 Å². The second-order valence-electron chi connectivity index (χ2n) is 6.38. The summed E-state index contributed by atoms with van der Waals surface area (Å²) in [5, 5.41) is 0. The molecule has 0 fully saturated rings. The fourth-order valence-electron chi connectivity index (χ4n) is 2.72. The lowest BCUT2D eigenvalue weighted by Gasteiger charge is -2.24. The van der Waals surface area contributed by atoms with Crippen LogP contribution in [0.2, 0.25) is 0 Å². The number of hydrogen-bond acceptors (Lipinski definition) is 1. The average molecular weight is 325 g/mol. The molecular weight excluding hydrogens is 284 g/mol. The lowest BCUT2D eigenvalue weighted by Crippen LogP contribution is -2.35. The molecule has 1 atom stereocenters. The smallest absolute Gasteiger partial charge is 0.222 e. The van der Waals surface area contributed by atoms with Crippen LogP contribution in [0.1, 0.15) is 85.5 Å². The van der Waals surface area contributed by atoms with Gasteiger partial charge in [-0.25, -0.2) is 4.99 Å². The molecule has 0 spiro atoms. The van der Waals surface area contributed by atoms with E-state index in [9.17, 15) is 0 Å². The maximum Gasteiger partial charge on any atom is 0.222 e. The number of rotatable bonds is 12.